The zero-order chi connectivity index (χ0) is 27.9. The van der Waals surface area contributed by atoms with Crippen molar-refractivity contribution in [3.05, 3.63) is 89.3 Å². The van der Waals surface area contributed by atoms with E-state index < -0.39 is 6.09 Å². The van der Waals surface area contributed by atoms with E-state index in [1.165, 1.54) is 0 Å². The molecule has 10 nitrogen and oxygen atoms in total. The SMILES string of the molecule is CCOc1ccc(Nc2c(C)c(OC3=C(CC=O)CCN(C(=O)OCc4ccccc4)C3)nc3ccnn23)cc1. The Morgan fingerprint density at radius 1 is 1.10 bits per heavy atom. The van der Waals surface area contributed by atoms with E-state index >= 15 is 0 Å². The van der Waals surface area contributed by atoms with E-state index in [0.717, 1.165) is 28.9 Å². The number of ether oxygens (including phenoxy) is 3. The molecule has 0 atom stereocenters. The van der Waals surface area contributed by atoms with Crippen LogP contribution in [-0.2, 0) is 16.1 Å². The van der Waals surface area contributed by atoms with Crippen molar-refractivity contribution in [2.45, 2.75) is 33.3 Å². The fourth-order valence-corrected chi connectivity index (χ4v) is 4.46. The number of amides is 1. The summed E-state index contributed by atoms with van der Waals surface area (Å²) >= 11 is 0. The van der Waals surface area contributed by atoms with Crippen molar-refractivity contribution < 1.29 is 23.8 Å². The van der Waals surface area contributed by atoms with Crippen molar-refractivity contribution in [2.75, 3.05) is 25.0 Å². The summed E-state index contributed by atoms with van der Waals surface area (Å²) in [5, 5.41) is 7.83. The Morgan fingerprint density at radius 3 is 2.65 bits per heavy atom. The molecule has 5 rings (SSSR count). The van der Waals surface area contributed by atoms with E-state index in [1.54, 1.807) is 21.7 Å². The number of rotatable bonds is 10. The van der Waals surface area contributed by atoms with Crippen LogP contribution in [0.4, 0.5) is 16.3 Å². The lowest BCUT2D eigenvalue weighted by molar-refractivity contribution is -0.107. The molecule has 4 aromatic rings. The summed E-state index contributed by atoms with van der Waals surface area (Å²) in [5.74, 6) is 2.34. The van der Waals surface area contributed by atoms with Crippen LogP contribution in [0.3, 0.4) is 0 Å². The van der Waals surface area contributed by atoms with Crippen LogP contribution < -0.4 is 14.8 Å². The maximum absolute atomic E-state index is 12.9. The van der Waals surface area contributed by atoms with Crippen molar-refractivity contribution >= 4 is 29.5 Å². The second-order valence-corrected chi connectivity index (χ2v) is 9.29. The molecule has 0 saturated heterocycles. The van der Waals surface area contributed by atoms with Crippen LogP contribution in [0, 0.1) is 6.92 Å². The molecule has 2 aromatic carbocycles. The number of nitrogens with zero attached hydrogens (tertiary/aromatic N) is 4. The summed E-state index contributed by atoms with van der Waals surface area (Å²) in [5.41, 5.74) is 3.88. The third kappa shape index (κ3) is 6.06. The van der Waals surface area contributed by atoms with Crippen LogP contribution in [0.5, 0.6) is 11.6 Å². The number of aromatic nitrogens is 3. The Kier molecular flexibility index (Phi) is 8.24. The zero-order valence-electron chi connectivity index (χ0n) is 22.5. The minimum atomic E-state index is -0.441. The molecule has 0 unspecified atom stereocenters. The van der Waals surface area contributed by atoms with Gasteiger partial charge in [0.2, 0.25) is 5.88 Å². The van der Waals surface area contributed by atoms with Gasteiger partial charge in [-0.05, 0) is 55.7 Å². The van der Waals surface area contributed by atoms with Crippen LogP contribution in [0.25, 0.3) is 5.65 Å². The quantitative estimate of drug-likeness (QED) is 0.264. The third-order valence-electron chi connectivity index (χ3n) is 6.58. The molecule has 0 bridgehead atoms. The smallest absolute Gasteiger partial charge is 0.410 e. The average Bonchev–Trinajstić information content (AvgIpc) is 3.45. The van der Waals surface area contributed by atoms with E-state index in [-0.39, 0.29) is 19.6 Å². The molecular formula is C30H31N5O5. The molecule has 206 valence electrons. The summed E-state index contributed by atoms with van der Waals surface area (Å²) in [6, 6.07) is 18.9. The van der Waals surface area contributed by atoms with Gasteiger partial charge in [0, 0.05) is 24.7 Å². The van der Waals surface area contributed by atoms with Crippen molar-refractivity contribution in [2.24, 2.45) is 0 Å². The summed E-state index contributed by atoms with van der Waals surface area (Å²) in [4.78, 5) is 30.6. The number of aldehydes is 1. The Hall–Kier alpha value is -4.86. The van der Waals surface area contributed by atoms with Crippen molar-refractivity contribution in [3.63, 3.8) is 0 Å². The number of carbonyl (C=O) groups is 2. The van der Waals surface area contributed by atoms with E-state index in [0.29, 0.717) is 48.2 Å². The lowest BCUT2D eigenvalue weighted by atomic mass is 10.0. The summed E-state index contributed by atoms with van der Waals surface area (Å²) < 4.78 is 19.1. The first-order valence-corrected chi connectivity index (χ1v) is 13.2. The number of fused-ring (bicyclic) bond motifs is 1. The standard InChI is InChI=1S/C30H31N5O5/c1-3-38-25-11-9-24(10-12-25)32-28-21(2)29(33-27-13-16-31-35(27)28)40-26-19-34(17-14-23(26)15-18-36)30(37)39-20-22-7-5-4-6-8-22/h4-13,16,18,32H,3,14-15,17,19-20H2,1-2H3. The molecule has 3 heterocycles. The van der Waals surface area contributed by atoms with Gasteiger partial charge in [0.05, 0.1) is 24.9 Å². The highest BCUT2D eigenvalue weighted by atomic mass is 16.6. The molecule has 0 aliphatic carbocycles. The van der Waals surface area contributed by atoms with Crippen LogP contribution in [0.2, 0.25) is 0 Å². The van der Waals surface area contributed by atoms with Crippen LogP contribution in [0.15, 0.2) is 78.2 Å². The number of hydrogen-bond donors (Lipinski definition) is 1. The fourth-order valence-electron chi connectivity index (χ4n) is 4.46. The largest absolute Gasteiger partial charge is 0.494 e. The maximum atomic E-state index is 12.9. The molecule has 0 spiro atoms. The highest BCUT2D eigenvalue weighted by Gasteiger charge is 2.27. The highest BCUT2D eigenvalue weighted by Crippen LogP contribution is 2.31. The zero-order valence-corrected chi connectivity index (χ0v) is 22.5. The van der Waals surface area contributed by atoms with Gasteiger partial charge < -0.3 is 29.2 Å². The van der Waals surface area contributed by atoms with Gasteiger partial charge in [-0.25, -0.2) is 4.79 Å². The van der Waals surface area contributed by atoms with Gasteiger partial charge in [-0.2, -0.15) is 14.6 Å². The van der Waals surface area contributed by atoms with Gasteiger partial charge in [0.15, 0.2) is 5.65 Å². The first-order valence-electron chi connectivity index (χ1n) is 13.2. The lowest BCUT2D eigenvalue weighted by Crippen LogP contribution is -2.38. The summed E-state index contributed by atoms with van der Waals surface area (Å²) in [6.07, 6.45) is 2.79. The first-order chi connectivity index (χ1) is 19.6. The highest BCUT2D eigenvalue weighted by molar-refractivity contribution is 5.69. The molecule has 1 aliphatic rings. The molecule has 10 heteroatoms. The molecule has 0 saturated carbocycles. The normalized spacial score (nSPS) is 13.3. The van der Waals surface area contributed by atoms with Crippen LogP contribution >= 0.6 is 0 Å². The number of anilines is 2. The summed E-state index contributed by atoms with van der Waals surface area (Å²) in [6.45, 7) is 5.20. The topological polar surface area (TPSA) is 107 Å². The maximum Gasteiger partial charge on any atom is 0.410 e. The van der Waals surface area contributed by atoms with Gasteiger partial charge in [-0.1, -0.05) is 30.3 Å². The van der Waals surface area contributed by atoms with Gasteiger partial charge in [-0.3, -0.25) is 0 Å². The minimum Gasteiger partial charge on any atom is -0.494 e. The molecule has 2 aromatic heterocycles. The molecule has 1 N–H and O–H groups in total. The van der Waals surface area contributed by atoms with Gasteiger partial charge >= 0.3 is 6.09 Å². The average molecular weight is 542 g/mol. The molecule has 0 radical (unpaired) electrons. The van der Waals surface area contributed by atoms with Crippen LogP contribution in [-0.4, -0.2) is 51.6 Å². The van der Waals surface area contributed by atoms with Gasteiger partial charge in [0.25, 0.3) is 0 Å². The second-order valence-electron chi connectivity index (χ2n) is 9.29. The minimum absolute atomic E-state index is 0.171. The second kappa shape index (κ2) is 12.3. The number of benzene rings is 2. The van der Waals surface area contributed by atoms with E-state index in [2.05, 4.69) is 15.4 Å². The Morgan fingerprint density at radius 2 is 1.90 bits per heavy atom. The predicted octanol–water partition coefficient (Wildman–Crippen LogP) is 5.44. The first kappa shape index (κ1) is 26.7. The Bertz CT molecular complexity index is 1520. The number of hydrogen-bond acceptors (Lipinski definition) is 8. The lowest BCUT2D eigenvalue weighted by Gasteiger charge is -2.29. The van der Waals surface area contributed by atoms with Gasteiger partial charge in [-0.15, -0.1) is 0 Å². The fraction of sp³-hybridized carbons (Fsp3) is 0.267. The molecule has 1 amide bonds. The van der Waals surface area contributed by atoms with Crippen molar-refractivity contribution in [1.82, 2.24) is 19.5 Å². The van der Waals surface area contributed by atoms with E-state index in [9.17, 15) is 9.59 Å². The van der Waals surface area contributed by atoms with Crippen molar-refractivity contribution in [1.29, 1.82) is 0 Å². The monoisotopic (exact) mass is 541 g/mol. The number of carbonyl (C=O) groups excluding carboxylic acids is 2. The Labute approximate surface area is 232 Å². The number of nitrogens with one attached hydrogen (secondary N) is 1. The molecule has 0 fully saturated rings. The third-order valence-corrected chi connectivity index (χ3v) is 6.58. The Balaban J connectivity index is 1.38. The van der Waals surface area contributed by atoms with Crippen LogP contribution in [0.1, 0.15) is 30.9 Å². The van der Waals surface area contributed by atoms with E-state index in [1.807, 2.05) is 68.4 Å². The molecule has 40 heavy (non-hydrogen) atoms. The predicted molar refractivity (Wildman–Crippen MR) is 150 cm³/mol. The van der Waals surface area contributed by atoms with E-state index in [4.69, 9.17) is 14.2 Å². The molecule has 1 aliphatic heterocycles. The summed E-state index contributed by atoms with van der Waals surface area (Å²) in [7, 11) is 0. The van der Waals surface area contributed by atoms with Gasteiger partial charge in [0.1, 0.15) is 30.2 Å². The molecular weight excluding hydrogens is 510 g/mol. The van der Waals surface area contributed by atoms with Crippen molar-refractivity contribution in [3.8, 4) is 11.6 Å².